The summed E-state index contributed by atoms with van der Waals surface area (Å²) in [6.07, 6.45) is 5.42. The Bertz CT molecular complexity index is 1050. The minimum Gasteiger partial charge on any atom is -0.376 e. The van der Waals surface area contributed by atoms with Crippen molar-refractivity contribution in [2.75, 3.05) is 23.9 Å². The fraction of sp³-hybridized carbons (Fsp3) is 0.583. The lowest BCUT2D eigenvalue weighted by Gasteiger charge is -2.33. The van der Waals surface area contributed by atoms with Gasteiger partial charge in [0.05, 0.1) is 41.8 Å². The van der Waals surface area contributed by atoms with Crippen LogP contribution in [0.2, 0.25) is 0 Å². The molecule has 0 aliphatic carbocycles. The highest BCUT2D eigenvalue weighted by atomic mass is 32.2. The molecule has 2 saturated heterocycles. The smallest absolute Gasteiger partial charge is 0.233 e. The minimum absolute atomic E-state index is 0.00270. The van der Waals surface area contributed by atoms with Crippen molar-refractivity contribution in [1.29, 1.82) is 0 Å². The number of benzene rings is 1. The maximum absolute atomic E-state index is 13.3. The van der Waals surface area contributed by atoms with Crippen molar-refractivity contribution < 1.29 is 17.9 Å². The van der Waals surface area contributed by atoms with E-state index >= 15 is 0 Å². The Kier molecular flexibility index (Phi) is 7.81. The first kappa shape index (κ1) is 24.3. The number of carbonyl (C=O) groups excluding carboxylic acids is 1. The molecule has 0 N–H and O–H groups in total. The second-order valence-corrected chi connectivity index (χ2v) is 12.1. The number of carbonyl (C=O) groups is 1. The van der Waals surface area contributed by atoms with Crippen LogP contribution in [0.4, 0.5) is 0 Å². The van der Waals surface area contributed by atoms with Crippen molar-refractivity contribution in [3.05, 3.63) is 36.5 Å². The van der Waals surface area contributed by atoms with E-state index in [2.05, 4.69) is 21.7 Å². The van der Waals surface area contributed by atoms with E-state index in [1.165, 1.54) is 11.8 Å². The number of thioether (sulfide) groups is 1. The van der Waals surface area contributed by atoms with Gasteiger partial charge in [0, 0.05) is 18.7 Å². The molecule has 4 rings (SSSR count). The Morgan fingerprint density at radius 1 is 1.30 bits per heavy atom. The van der Waals surface area contributed by atoms with Crippen LogP contribution in [-0.4, -0.2) is 70.8 Å². The first-order chi connectivity index (χ1) is 15.9. The van der Waals surface area contributed by atoms with Crippen LogP contribution in [0.3, 0.4) is 0 Å². The maximum Gasteiger partial charge on any atom is 0.233 e. The highest BCUT2D eigenvalue weighted by Gasteiger charge is 2.36. The molecule has 1 aromatic carbocycles. The average molecular weight is 492 g/mol. The monoisotopic (exact) mass is 491 g/mol. The molecule has 7 nitrogen and oxygen atoms in total. The van der Waals surface area contributed by atoms with Crippen LogP contribution in [0.15, 0.2) is 41.7 Å². The van der Waals surface area contributed by atoms with E-state index in [9.17, 15) is 13.2 Å². The van der Waals surface area contributed by atoms with Gasteiger partial charge in [-0.3, -0.25) is 4.79 Å². The van der Waals surface area contributed by atoms with Crippen LogP contribution >= 0.6 is 11.8 Å². The summed E-state index contributed by atoms with van der Waals surface area (Å²) in [6.45, 7) is 5.52. The first-order valence-electron chi connectivity index (χ1n) is 11.7. The molecule has 3 heterocycles. The molecule has 2 aliphatic heterocycles. The Morgan fingerprint density at radius 3 is 2.73 bits per heavy atom. The number of imidazole rings is 1. The molecule has 0 saturated carbocycles. The number of ether oxygens (including phenoxy) is 1. The van der Waals surface area contributed by atoms with E-state index in [1.807, 2.05) is 43.1 Å². The molecule has 3 unspecified atom stereocenters. The lowest BCUT2D eigenvalue weighted by atomic mass is 10.1. The highest BCUT2D eigenvalue weighted by Crippen LogP contribution is 2.29. The maximum atomic E-state index is 13.3. The summed E-state index contributed by atoms with van der Waals surface area (Å²) >= 11 is 1.42. The third-order valence-electron chi connectivity index (χ3n) is 6.58. The van der Waals surface area contributed by atoms with Gasteiger partial charge in [0.2, 0.25) is 5.91 Å². The standard InChI is InChI=1S/C24H33N3O4S2/c1-3-18(2)27(20-11-13-33(29,30)17-20)23(28)16-32-24-25-14-22(19-8-5-4-6-9-19)26(24)15-21-10-7-12-31-21/h4-6,8-9,14,18,20-21H,3,7,10-13,15-17H2,1-2H3. The largest absolute Gasteiger partial charge is 0.376 e. The third kappa shape index (κ3) is 5.81. The highest BCUT2D eigenvalue weighted by molar-refractivity contribution is 7.99. The SMILES string of the molecule is CCC(C)N(C(=O)CSc1ncc(-c2ccccc2)n1CC1CCCO1)C1CCS(=O)(=O)C1. The molecule has 1 aromatic heterocycles. The zero-order valence-corrected chi connectivity index (χ0v) is 21.0. The summed E-state index contributed by atoms with van der Waals surface area (Å²) in [5, 5.41) is 0.792. The van der Waals surface area contributed by atoms with E-state index in [1.54, 1.807) is 0 Å². The van der Waals surface area contributed by atoms with Gasteiger partial charge in [-0.2, -0.15) is 0 Å². The molecular weight excluding hydrogens is 458 g/mol. The molecule has 2 aromatic rings. The lowest BCUT2D eigenvalue weighted by Crippen LogP contribution is -2.47. The Labute approximate surface area is 200 Å². The predicted molar refractivity (Wildman–Crippen MR) is 131 cm³/mol. The quantitative estimate of drug-likeness (QED) is 0.498. The van der Waals surface area contributed by atoms with E-state index in [0.717, 1.165) is 42.3 Å². The molecule has 0 spiro atoms. The summed E-state index contributed by atoms with van der Waals surface area (Å²) in [4.78, 5) is 19.8. The molecule has 180 valence electrons. The zero-order valence-electron chi connectivity index (χ0n) is 19.4. The summed E-state index contributed by atoms with van der Waals surface area (Å²) in [5.41, 5.74) is 2.10. The van der Waals surface area contributed by atoms with Gasteiger partial charge < -0.3 is 14.2 Å². The predicted octanol–water partition coefficient (Wildman–Crippen LogP) is 3.64. The van der Waals surface area contributed by atoms with Gasteiger partial charge in [-0.25, -0.2) is 13.4 Å². The normalized spacial score (nSPS) is 23.0. The summed E-state index contributed by atoms with van der Waals surface area (Å²) in [6, 6.07) is 9.91. The van der Waals surface area contributed by atoms with Crippen LogP contribution in [0.1, 0.15) is 39.5 Å². The van der Waals surface area contributed by atoms with Gasteiger partial charge in [-0.05, 0) is 38.2 Å². The van der Waals surface area contributed by atoms with Gasteiger partial charge in [0.25, 0.3) is 0 Å². The average Bonchev–Trinajstić information content (AvgIpc) is 3.54. The molecule has 2 aliphatic rings. The molecule has 0 bridgehead atoms. The molecule has 9 heteroatoms. The number of sulfone groups is 1. The second-order valence-electron chi connectivity index (χ2n) is 8.94. The van der Waals surface area contributed by atoms with Crippen molar-refractivity contribution in [2.24, 2.45) is 0 Å². The molecule has 1 amide bonds. The topological polar surface area (TPSA) is 81.5 Å². The Morgan fingerprint density at radius 2 is 2.09 bits per heavy atom. The van der Waals surface area contributed by atoms with Crippen molar-refractivity contribution in [1.82, 2.24) is 14.5 Å². The number of aromatic nitrogens is 2. The van der Waals surface area contributed by atoms with Gasteiger partial charge >= 0.3 is 0 Å². The lowest BCUT2D eigenvalue weighted by molar-refractivity contribution is -0.132. The molecule has 33 heavy (non-hydrogen) atoms. The fourth-order valence-corrected chi connectivity index (χ4v) is 7.25. The van der Waals surface area contributed by atoms with Crippen molar-refractivity contribution in [3.8, 4) is 11.3 Å². The fourth-order valence-electron chi connectivity index (χ4n) is 4.68. The van der Waals surface area contributed by atoms with Crippen molar-refractivity contribution in [2.45, 2.75) is 69.4 Å². The number of hydrogen-bond donors (Lipinski definition) is 0. The van der Waals surface area contributed by atoms with Crippen LogP contribution in [0.25, 0.3) is 11.3 Å². The Balaban J connectivity index is 1.52. The van der Waals surface area contributed by atoms with Crippen LogP contribution in [0, 0.1) is 0 Å². The molecule has 3 atom stereocenters. The first-order valence-corrected chi connectivity index (χ1v) is 14.6. The summed E-state index contributed by atoms with van der Waals surface area (Å²) < 4.78 is 32.1. The van der Waals surface area contributed by atoms with Gasteiger partial charge in [-0.1, -0.05) is 49.0 Å². The molecular formula is C24H33N3O4S2. The van der Waals surface area contributed by atoms with Crippen molar-refractivity contribution >= 4 is 27.5 Å². The Hall–Kier alpha value is -1.84. The van der Waals surface area contributed by atoms with Crippen LogP contribution in [-0.2, 0) is 25.9 Å². The number of amides is 1. The van der Waals surface area contributed by atoms with Crippen LogP contribution < -0.4 is 0 Å². The van der Waals surface area contributed by atoms with Gasteiger partial charge in [0.1, 0.15) is 0 Å². The van der Waals surface area contributed by atoms with Crippen LogP contribution in [0.5, 0.6) is 0 Å². The number of nitrogens with zero attached hydrogens (tertiary/aromatic N) is 3. The summed E-state index contributed by atoms with van der Waals surface area (Å²) in [7, 11) is -3.06. The van der Waals surface area contributed by atoms with Crippen molar-refractivity contribution in [3.63, 3.8) is 0 Å². The van der Waals surface area contributed by atoms with E-state index in [-0.39, 0.29) is 41.4 Å². The van der Waals surface area contributed by atoms with E-state index in [0.29, 0.717) is 13.0 Å². The van der Waals surface area contributed by atoms with E-state index in [4.69, 9.17) is 4.74 Å². The summed E-state index contributed by atoms with van der Waals surface area (Å²) in [5.74, 6) is 0.443. The van der Waals surface area contributed by atoms with Gasteiger partial charge in [0.15, 0.2) is 15.0 Å². The number of rotatable bonds is 9. The zero-order chi connectivity index (χ0) is 23.4. The third-order valence-corrected chi connectivity index (χ3v) is 9.30. The second kappa shape index (κ2) is 10.6. The minimum atomic E-state index is -3.06. The number of hydrogen-bond acceptors (Lipinski definition) is 6. The molecule has 0 radical (unpaired) electrons. The van der Waals surface area contributed by atoms with Gasteiger partial charge in [-0.15, -0.1) is 0 Å². The molecule has 2 fully saturated rings. The van der Waals surface area contributed by atoms with E-state index < -0.39 is 9.84 Å².